The molecule has 2 N–H and O–H groups in total. The van der Waals surface area contributed by atoms with E-state index in [4.69, 9.17) is 23.4 Å². The van der Waals surface area contributed by atoms with Gasteiger partial charge in [0.2, 0.25) is 26.6 Å². The van der Waals surface area contributed by atoms with Gasteiger partial charge in [-0.05, 0) is 78.1 Å². The van der Waals surface area contributed by atoms with Crippen molar-refractivity contribution in [1.29, 1.82) is 0 Å². The van der Waals surface area contributed by atoms with Crippen LogP contribution in [0.1, 0.15) is 23.6 Å². The van der Waals surface area contributed by atoms with E-state index < -0.39 is 41.4 Å². The molecule has 7 rings (SSSR count). The molecule has 1 unspecified atom stereocenters. The summed E-state index contributed by atoms with van der Waals surface area (Å²) in [5.41, 5.74) is 3.89. The minimum absolute atomic E-state index is 0.0266. The number of anilines is 1. The first-order valence-electron chi connectivity index (χ1n) is 18.4. The summed E-state index contributed by atoms with van der Waals surface area (Å²) in [6, 6.07) is 19.8. The Labute approximate surface area is 342 Å². The molecular weight excluding hydrogens is 799 g/mol. The fourth-order valence-electron chi connectivity index (χ4n) is 7.65. The zero-order valence-electron chi connectivity index (χ0n) is 33.7. The molecule has 308 valence electrons. The molecule has 3 aliphatic rings. The van der Waals surface area contributed by atoms with Crippen molar-refractivity contribution < 1.29 is 44.8 Å². The Morgan fingerprint density at radius 3 is 2.10 bits per heavy atom. The maximum Gasteiger partial charge on any atom is 0.295 e. The molecule has 1 atom stereocenters. The van der Waals surface area contributed by atoms with Crippen molar-refractivity contribution in [2.45, 2.75) is 28.7 Å². The SMILES string of the molecule is COc1cc2c(c(OC)c1OC)-c1ccc(OC)c(=O)cc1C(NS(=O)(=O)c1ccc(-c3c4ccc(=[N+](C)C)cc-4oc4cc(N(C)C)ccc34)c(S(=O)(=O)O)c1)CC2. The molecule has 1 heterocycles. The van der Waals surface area contributed by atoms with Crippen LogP contribution in [-0.2, 0) is 26.6 Å². The van der Waals surface area contributed by atoms with E-state index in [1.54, 1.807) is 24.3 Å². The predicted octanol–water partition coefficient (Wildman–Crippen LogP) is 5.58. The van der Waals surface area contributed by atoms with Crippen LogP contribution in [0.4, 0.5) is 5.69 Å². The number of fused-ring (bicyclic) bond motifs is 5. The molecule has 59 heavy (non-hydrogen) atoms. The van der Waals surface area contributed by atoms with Crippen molar-refractivity contribution in [2.75, 3.05) is 61.5 Å². The van der Waals surface area contributed by atoms with Crippen LogP contribution in [0.15, 0.2) is 97.9 Å². The second-order valence-corrected chi connectivity index (χ2v) is 17.5. The summed E-state index contributed by atoms with van der Waals surface area (Å²) in [7, 11) is 3.70. The minimum Gasteiger partial charge on any atom is -0.493 e. The second kappa shape index (κ2) is 15.7. The molecule has 4 aromatic carbocycles. The van der Waals surface area contributed by atoms with Crippen LogP contribution < -0.4 is 43.9 Å². The lowest BCUT2D eigenvalue weighted by molar-refractivity contribution is 0.324. The van der Waals surface area contributed by atoms with Crippen LogP contribution in [0, 0.1) is 0 Å². The number of ether oxygens (including phenoxy) is 4. The third-order valence-electron chi connectivity index (χ3n) is 10.6. The fraction of sp³-hybridized carbons (Fsp3) is 0.256. The molecule has 0 aromatic heterocycles. The monoisotopic (exact) mass is 842 g/mol. The van der Waals surface area contributed by atoms with Gasteiger partial charge in [-0.1, -0.05) is 12.1 Å². The number of methoxy groups -OCH3 is 4. The van der Waals surface area contributed by atoms with Crippen LogP contribution in [0.3, 0.4) is 0 Å². The van der Waals surface area contributed by atoms with Gasteiger partial charge in [-0.2, -0.15) is 8.42 Å². The Morgan fingerprint density at radius 2 is 1.46 bits per heavy atom. The van der Waals surface area contributed by atoms with E-state index in [0.29, 0.717) is 68.2 Å². The molecule has 0 bridgehead atoms. The predicted molar refractivity (Wildman–Crippen MR) is 225 cm³/mol. The summed E-state index contributed by atoms with van der Waals surface area (Å²) >= 11 is 0. The van der Waals surface area contributed by atoms with Gasteiger partial charge in [0.15, 0.2) is 17.2 Å². The average Bonchev–Trinajstić information content (AvgIpc) is 3.45. The lowest BCUT2D eigenvalue weighted by Gasteiger charge is -2.21. The number of hydrogen-bond donors (Lipinski definition) is 2. The van der Waals surface area contributed by atoms with E-state index >= 15 is 0 Å². The molecule has 0 saturated heterocycles. The molecule has 0 radical (unpaired) electrons. The highest BCUT2D eigenvalue weighted by atomic mass is 32.2. The molecule has 0 saturated carbocycles. The van der Waals surface area contributed by atoms with Gasteiger partial charge in [0.05, 0.1) is 39.4 Å². The molecule has 1 aliphatic heterocycles. The van der Waals surface area contributed by atoms with Crippen LogP contribution in [0.25, 0.3) is 44.5 Å². The molecule has 16 heteroatoms. The van der Waals surface area contributed by atoms with Crippen molar-refractivity contribution in [3.8, 4) is 56.6 Å². The lowest BCUT2D eigenvalue weighted by Crippen LogP contribution is -2.29. The Hall–Kier alpha value is -5.94. The van der Waals surface area contributed by atoms with Crippen molar-refractivity contribution in [1.82, 2.24) is 9.30 Å². The van der Waals surface area contributed by atoms with Gasteiger partial charge in [-0.25, -0.2) is 17.7 Å². The van der Waals surface area contributed by atoms with Crippen molar-refractivity contribution in [2.24, 2.45) is 0 Å². The Kier molecular flexibility index (Phi) is 11.0. The van der Waals surface area contributed by atoms with Crippen LogP contribution >= 0.6 is 0 Å². The lowest BCUT2D eigenvalue weighted by atomic mass is 9.93. The highest BCUT2D eigenvalue weighted by Crippen LogP contribution is 2.51. The number of rotatable bonds is 10. The fourth-order valence-corrected chi connectivity index (χ4v) is 9.72. The van der Waals surface area contributed by atoms with E-state index in [2.05, 4.69) is 4.72 Å². The van der Waals surface area contributed by atoms with Gasteiger partial charge in [0, 0.05) is 65.6 Å². The first-order chi connectivity index (χ1) is 28.0. The van der Waals surface area contributed by atoms with Gasteiger partial charge >= 0.3 is 0 Å². The van der Waals surface area contributed by atoms with E-state index in [9.17, 15) is 26.2 Å². The van der Waals surface area contributed by atoms with Crippen LogP contribution in [0.5, 0.6) is 23.0 Å². The van der Waals surface area contributed by atoms with Gasteiger partial charge < -0.3 is 28.3 Å². The molecule has 0 spiro atoms. The molecule has 0 amide bonds. The summed E-state index contributed by atoms with van der Waals surface area (Å²) in [6.45, 7) is 0. The molecule has 14 nitrogen and oxygen atoms in total. The van der Waals surface area contributed by atoms with E-state index in [0.717, 1.165) is 22.7 Å². The molecule has 2 aliphatic carbocycles. The van der Waals surface area contributed by atoms with Crippen LogP contribution in [-0.4, -0.2) is 78.0 Å². The maximum atomic E-state index is 14.5. The molecule has 4 aromatic rings. The summed E-state index contributed by atoms with van der Waals surface area (Å²) in [4.78, 5) is 14.3. The highest BCUT2D eigenvalue weighted by molar-refractivity contribution is 7.89. The van der Waals surface area contributed by atoms with E-state index in [1.165, 1.54) is 52.7 Å². The Balaban J connectivity index is 1.41. The first-order valence-corrected chi connectivity index (χ1v) is 21.3. The minimum atomic E-state index is -5.04. The number of sulfonamides is 1. The van der Waals surface area contributed by atoms with E-state index in [1.807, 2.05) is 61.9 Å². The maximum absolute atomic E-state index is 14.5. The number of nitrogens with one attached hydrogen (secondary N) is 1. The zero-order valence-corrected chi connectivity index (χ0v) is 35.4. The highest BCUT2D eigenvalue weighted by Gasteiger charge is 2.33. The van der Waals surface area contributed by atoms with Gasteiger partial charge in [-0.3, -0.25) is 9.35 Å². The number of benzene rings is 4. The standard InChI is InChI=1S/C43H43N3O11S2/c1-45(2)25-10-13-29-36(20-25)57-37-21-26(46(3)4)11-14-30(37)41(29)31-15-12-27(22-39(31)59(50,51)52)58(48,49)44-33-17-9-24-19-38(54-6)42(55-7)43(56-8)40(24)28-16-18-35(53-5)34(47)23-32(28)33/h10-16,18-23,33,44H,9,17H2,1-8H3/p+1. The molecule has 0 fully saturated rings. The van der Waals surface area contributed by atoms with Gasteiger partial charge in [-0.15, -0.1) is 0 Å². The summed E-state index contributed by atoms with van der Waals surface area (Å²) in [5, 5.41) is 1.36. The van der Waals surface area contributed by atoms with Crippen molar-refractivity contribution in [3.05, 3.63) is 106 Å². The van der Waals surface area contributed by atoms with Gasteiger partial charge in [0.1, 0.15) is 30.3 Å². The van der Waals surface area contributed by atoms with E-state index in [-0.39, 0.29) is 17.7 Å². The largest absolute Gasteiger partial charge is 0.493 e. The first kappa shape index (κ1) is 41.2. The topological polar surface area (TPSA) is 174 Å². The summed E-state index contributed by atoms with van der Waals surface area (Å²) < 4.78 is 99.8. The second-order valence-electron chi connectivity index (χ2n) is 14.4. The Morgan fingerprint density at radius 1 is 0.763 bits per heavy atom. The third kappa shape index (κ3) is 7.48. The number of nitrogens with zero attached hydrogens (tertiary/aromatic N) is 2. The summed E-state index contributed by atoms with van der Waals surface area (Å²) in [6.07, 6.45) is 0.477. The van der Waals surface area contributed by atoms with Gasteiger partial charge in [0.25, 0.3) is 10.1 Å². The number of hydrogen-bond acceptors (Lipinski definition) is 11. The van der Waals surface area contributed by atoms with Crippen molar-refractivity contribution in [3.63, 3.8) is 0 Å². The average molecular weight is 843 g/mol. The summed E-state index contributed by atoms with van der Waals surface area (Å²) in [5.74, 6) is 1.49. The normalized spacial score (nSPS) is 13.9. The molecular formula is C43H44N3O11S2+. The quantitative estimate of drug-likeness (QED) is 0.0998. The Bertz CT molecular complexity index is 2990. The third-order valence-corrected chi connectivity index (χ3v) is 12.9. The zero-order chi connectivity index (χ0) is 42.6. The van der Waals surface area contributed by atoms with Crippen molar-refractivity contribution >= 4 is 36.8 Å². The van der Waals surface area contributed by atoms with Crippen LogP contribution in [0.2, 0.25) is 0 Å². The smallest absolute Gasteiger partial charge is 0.295 e. The number of aryl methyl sites for hydroxylation is 1.